The zero-order valence-corrected chi connectivity index (χ0v) is 14.6. The van der Waals surface area contributed by atoms with Gasteiger partial charge in [-0.3, -0.25) is 4.79 Å². The number of hydrogen-bond acceptors (Lipinski definition) is 3. The van der Waals surface area contributed by atoms with Gasteiger partial charge in [-0.05, 0) is 36.2 Å². The number of sulfone groups is 1. The van der Waals surface area contributed by atoms with Gasteiger partial charge in [0.05, 0.1) is 24.0 Å². The second kappa shape index (κ2) is 6.99. The van der Waals surface area contributed by atoms with E-state index in [0.717, 1.165) is 5.56 Å². The first kappa shape index (κ1) is 17.0. The molecular formula is C17H19ClN2O3S. The van der Waals surface area contributed by atoms with Crippen LogP contribution in [-0.2, 0) is 14.6 Å². The Bertz CT molecular complexity index is 801. The fourth-order valence-corrected chi connectivity index (χ4v) is 4.81. The van der Waals surface area contributed by atoms with Crippen molar-refractivity contribution in [2.24, 2.45) is 0 Å². The molecule has 3 rings (SSSR count). The topological polar surface area (TPSA) is 68.2 Å². The van der Waals surface area contributed by atoms with Crippen molar-refractivity contribution in [3.8, 4) is 0 Å². The SMILES string of the molecule is O=C(C[C@@H](c1ccc(Cl)cc1)n1cccc1)N[C@H]1CCS(=O)(=O)C1. The average molecular weight is 367 g/mol. The Hall–Kier alpha value is -1.79. The standard InChI is InChI=1S/C17H19ClN2O3S/c18-14-5-3-13(4-6-14)16(20-8-1-2-9-20)11-17(21)19-15-7-10-24(22,23)12-15/h1-6,8-9,15-16H,7,10-12H2,(H,19,21)/t15-,16-/m0/s1. The van der Waals surface area contributed by atoms with E-state index in [4.69, 9.17) is 11.6 Å². The minimum atomic E-state index is -3.00. The van der Waals surface area contributed by atoms with Crippen LogP contribution >= 0.6 is 11.6 Å². The van der Waals surface area contributed by atoms with E-state index in [1.165, 1.54) is 0 Å². The number of halogens is 1. The predicted octanol–water partition coefficient (Wildman–Crippen LogP) is 2.42. The number of aromatic nitrogens is 1. The molecule has 1 aromatic carbocycles. The molecule has 2 aromatic rings. The summed E-state index contributed by atoms with van der Waals surface area (Å²) >= 11 is 5.94. The van der Waals surface area contributed by atoms with Crippen molar-refractivity contribution in [1.82, 2.24) is 9.88 Å². The van der Waals surface area contributed by atoms with E-state index < -0.39 is 9.84 Å². The molecule has 1 amide bonds. The summed E-state index contributed by atoms with van der Waals surface area (Å²) in [7, 11) is -3.00. The number of carbonyl (C=O) groups excluding carboxylic acids is 1. The molecule has 0 bridgehead atoms. The van der Waals surface area contributed by atoms with Gasteiger partial charge in [0.1, 0.15) is 0 Å². The highest BCUT2D eigenvalue weighted by atomic mass is 35.5. The number of carbonyl (C=O) groups is 1. The van der Waals surface area contributed by atoms with Gasteiger partial charge in [-0.1, -0.05) is 23.7 Å². The monoisotopic (exact) mass is 366 g/mol. The zero-order valence-electron chi connectivity index (χ0n) is 13.1. The molecular weight excluding hydrogens is 348 g/mol. The molecule has 7 heteroatoms. The molecule has 0 aliphatic carbocycles. The zero-order chi connectivity index (χ0) is 17.2. The maximum Gasteiger partial charge on any atom is 0.222 e. The molecule has 1 aromatic heterocycles. The summed E-state index contributed by atoms with van der Waals surface area (Å²) in [4.78, 5) is 12.4. The molecule has 2 atom stereocenters. The molecule has 24 heavy (non-hydrogen) atoms. The van der Waals surface area contributed by atoms with Gasteiger partial charge in [-0.2, -0.15) is 0 Å². The molecule has 2 heterocycles. The van der Waals surface area contributed by atoms with E-state index in [9.17, 15) is 13.2 Å². The highest BCUT2D eigenvalue weighted by Crippen LogP contribution is 2.24. The van der Waals surface area contributed by atoms with E-state index in [1.807, 2.05) is 41.2 Å². The minimum absolute atomic E-state index is 0.0356. The van der Waals surface area contributed by atoms with Crippen LogP contribution in [0.1, 0.15) is 24.4 Å². The maximum absolute atomic E-state index is 12.4. The van der Waals surface area contributed by atoms with Crippen molar-refractivity contribution in [3.63, 3.8) is 0 Å². The van der Waals surface area contributed by atoms with E-state index in [2.05, 4.69) is 5.32 Å². The Morgan fingerprint density at radius 1 is 1.25 bits per heavy atom. The van der Waals surface area contributed by atoms with Gasteiger partial charge in [0.2, 0.25) is 5.91 Å². The highest BCUT2D eigenvalue weighted by molar-refractivity contribution is 7.91. The van der Waals surface area contributed by atoms with Gasteiger partial charge in [0.15, 0.2) is 9.84 Å². The summed E-state index contributed by atoms with van der Waals surface area (Å²) in [6.45, 7) is 0. The number of amides is 1. The molecule has 1 aliphatic rings. The number of benzene rings is 1. The van der Waals surface area contributed by atoms with Crippen LogP contribution in [0, 0.1) is 0 Å². The molecule has 0 saturated carbocycles. The van der Waals surface area contributed by atoms with Crippen molar-refractivity contribution in [2.45, 2.75) is 24.9 Å². The van der Waals surface area contributed by atoms with Crippen LogP contribution in [0.25, 0.3) is 0 Å². The van der Waals surface area contributed by atoms with Crippen molar-refractivity contribution in [2.75, 3.05) is 11.5 Å². The van der Waals surface area contributed by atoms with Crippen LogP contribution < -0.4 is 5.32 Å². The first-order chi connectivity index (χ1) is 11.4. The lowest BCUT2D eigenvalue weighted by Crippen LogP contribution is -2.36. The van der Waals surface area contributed by atoms with Crippen LogP contribution in [0.3, 0.4) is 0 Å². The van der Waals surface area contributed by atoms with Crippen LogP contribution in [0.2, 0.25) is 5.02 Å². The van der Waals surface area contributed by atoms with Crippen LogP contribution in [0.4, 0.5) is 0 Å². The van der Waals surface area contributed by atoms with E-state index in [1.54, 1.807) is 12.1 Å². The van der Waals surface area contributed by atoms with Gasteiger partial charge < -0.3 is 9.88 Å². The lowest BCUT2D eigenvalue weighted by Gasteiger charge is -2.20. The Kier molecular flexibility index (Phi) is 4.96. The first-order valence-electron chi connectivity index (χ1n) is 7.81. The third-order valence-corrected chi connectivity index (χ3v) is 6.24. The van der Waals surface area contributed by atoms with Crippen LogP contribution in [-0.4, -0.2) is 36.4 Å². The fraction of sp³-hybridized carbons (Fsp3) is 0.353. The smallest absolute Gasteiger partial charge is 0.222 e. The molecule has 1 saturated heterocycles. The van der Waals surface area contributed by atoms with Gasteiger partial charge in [0.25, 0.3) is 0 Å². The van der Waals surface area contributed by atoms with Gasteiger partial charge in [-0.25, -0.2) is 8.42 Å². The molecule has 0 radical (unpaired) electrons. The van der Waals surface area contributed by atoms with Crippen molar-refractivity contribution < 1.29 is 13.2 Å². The van der Waals surface area contributed by atoms with Crippen molar-refractivity contribution in [3.05, 3.63) is 59.4 Å². The lowest BCUT2D eigenvalue weighted by molar-refractivity contribution is -0.122. The normalized spacial score (nSPS) is 20.6. The van der Waals surface area contributed by atoms with E-state index >= 15 is 0 Å². The largest absolute Gasteiger partial charge is 0.352 e. The number of nitrogens with one attached hydrogen (secondary N) is 1. The predicted molar refractivity (Wildman–Crippen MR) is 93.8 cm³/mol. The molecule has 1 N–H and O–H groups in total. The van der Waals surface area contributed by atoms with Crippen molar-refractivity contribution in [1.29, 1.82) is 0 Å². The number of hydrogen-bond donors (Lipinski definition) is 1. The fourth-order valence-electron chi connectivity index (χ4n) is 3.01. The minimum Gasteiger partial charge on any atom is -0.352 e. The summed E-state index contributed by atoms with van der Waals surface area (Å²) < 4.78 is 25.0. The second-order valence-electron chi connectivity index (χ2n) is 6.07. The summed E-state index contributed by atoms with van der Waals surface area (Å²) in [6, 6.07) is 10.8. The molecule has 1 fully saturated rings. The Balaban J connectivity index is 1.72. The van der Waals surface area contributed by atoms with E-state index in [-0.39, 0.29) is 35.9 Å². The quantitative estimate of drug-likeness (QED) is 0.883. The molecule has 0 spiro atoms. The Labute approximate surface area is 146 Å². The summed E-state index contributed by atoms with van der Waals surface area (Å²) in [5.74, 6) is 0.0371. The third-order valence-electron chi connectivity index (χ3n) is 4.22. The summed E-state index contributed by atoms with van der Waals surface area (Å²) in [6.07, 6.45) is 4.55. The van der Waals surface area contributed by atoms with Gasteiger partial charge in [-0.15, -0.1) is 0 Å². The van der Waals surface area contributed by atoms with Crippen LogP contribution in [0.15, 0.2) is 48.8 Å². The maximum atomic E-state index is 12.4. The molecule has 128 valence electrons. The lowest BCUT2D eigenvalue weighted by atomic mass is 10.0. The Morgan fingerprint density at radius 3 is 2.50 bits per heavy atom. The molecule has 0 unspecified atom stereocenters. The van der Waals surface area contributed by atoms with Crippen LogP contribution in [0.5, 0.6) is 0 Å². The molecule has 5 nitrogen and oxygen atoms in total. The average Bonchev–Trinajstić information content (AvgIpc) is 3.16. The number of nitrogens with zero attached hydrogens (tertiary/aromatic N) is 1. The number of rotatable bonds is 5. The summed E-state index contributed by atoms with van der Waals surface area (Å²) in [5, 5.41) is 3.49. The Morgan fingerprint density at radius 2 is 1.92 bits per heavy atom. The first-order valence-corrected chi connectivity index (χ1v) is 10.0. The second-order valence-corrected chi connectivity index (χ2v) is 8.73. The van der Waals surface area contributed by atoms with Crippen molar-refractivity contribution >= 4 is 27.3 Å². The molecule has 1 aliphatic heterocycles. The highest BCUT2D eigenvalue weighted by Gasteiger charge is 2.29. The van der Waals surface area contributed by atoms with E-state index in [0.29, 0.717) is 11.4 Å². The summed E-state index contributed by atoms with van der Waals surface area (Å²) in [5.41, 5.74) is 0.977. The third kappa shape index (κ3) is 4.19. The van der Waals surface area contributed by atoms with Gasteiger partial charge in [0, 0.05) is 23.5 Å². The van der Waals surface area contributed by atoms with Gasteiger partial charge >= 0.3 is 0 Å².